The van der Waals surface area contributed by atoms with Crippen LogP contribution in [0.3, 0.4) is 0 Å². The van der Waals surface area contributed by atoms with Gasteiger partial charge < -0.3 is 14.7 Å². The molecule has 0 N–H and O–H groups in total. The number of benzene rings is 2. The van der Waals surface area contributed by atoms with E-state index in [1.165, 1.54) is 26.1 Å². The van der Waals surface area contributed by atoms with Gasteiger partial charge in [-0.25, -0.2) is 9.18 Å². The number of amides is 3. The zero-order chi connectivity index (χ0) is 32.2. The zero-order valence-corrected chi connectivity index (χ0v) is 24.9. The van der Waals surface area contributed by atoms with Gasteiger partial charge in [0.05, 0.1) is 23.2 Å². The molecule has 2 aromatic carbocycles. The summed E-state index contributed by atoms with van der Waals surface area (Å²) in [5.41, 5.74) is -2.59. The number of rotatable bonds is 3. The largest absolute Gasteiger partial charge is 0.416 e. The molecule has 4 rings (SSSR count). The smallest absolute Gasteiger partial charge is 0.342 e. The lowest BCUT2D eigenvalue weighted by Gasteiger charge is -2.45. The van der Waals surface area contributed by atoms with Gasteiger partial charge in [0, 0.05) is 38.0 Å². The minimum absolute atomic E-state index is 0.0369. The van der Waals surface area contributed by atoms with Crippen LogP contribution >= 0.6 is 0 Å². The monoisotopic (exact) mass is 615 g/mol. The summed E-state index contributed by atoms with van der Waals surface area (Å²) in [6.45, 7) is 9.65. The molecule has 236 valence electrons. The Bertz CT molecular complexity index is 1350. The number of fused-ring (bicyclic) bond motifs is 1. The van der Waals surface area contributed by atoms with Crippen LogP contribution in [0.2, 0.25) is 0 Å². The molecule has 2 saturated heterocycles. The second-order valence-corrected chi connectivity index (χ2v) is 12.7. The first-order valence-electron chi connectivity index (χ1n) is 14.1. The Balaban J connectivity index is 1.71. The van der Waals surface area contributed by atoms with Crippen LogP contribution in [0.25, 0.3) is 0 Å². The predicted octanol–water partition coefficient (Wildman–Crippen LogP) is 7.85. The molecule has 2 heterocycles. The van der Waals surface area contributed by atoms with Gasteiger partial charge in [0.1, 0.15) is 5.82 Å². The molecule has 0 aliphatic carbocycles. The first-order chi connectivity index (χ1) is 19.7. The zero-order valence-electron chi connectivity index (χ0n) is 24.9. The van der Waals surface area contributed by atoms with Crippen molar-refractivity contribution in [1.82, 2.24) is 14.7 Å². The summed E-state index contributed by atoms with van der Waals surface area (Å²) in [7, 11) is 1.34. The van der Waals surface area contributed by atoms with Crippen LogP contribution in [0, 0.1) is 30.0 Å². The number of nitrogens with zero attached hydrogens (tertiary/aromatic N) is 3. The van der Waals surface area contributed by atoms with Gasteiger partial charge in [-0.15, -0.1) is 0 Å². The molecule has 0 bridgehead atoms. The second kappa shape index (κ2) is 11.3. The molecule has 12 heteroatoms. The number of aryl methyl sites for hydroxylation is 1. The van der Waals surface area contributed by atoms with E-state index >= 15 is 0 Å². The fourth-order valence-corrected chi connectivity index (χ4v) is 6.27. The molecule has 2 aliphatic rings. The topological polar surface area (TPSA) is 43.9 Å². The van der Waals surface area contributed by atoms with E-state index < -0.39 is 52.8 Å². The van der Waals surface area contributed by atoms with Crippen molar-refractivity contribution < 1.29 is 40.3 Å². The van der Waals surface area contributed by atoms with Crippen molar-refractivity contribution in [1.29, 1.82) is 0 Å². The Hall–Kier alpha value is -3.31. The fourth-order valence-electron chi connectivity index (χ4n) is 6.27. The van der Waals surface area contributed by atoms with Gasteiger partial charge >= 0.3 is 18.4 Å². The number of likely N-dealkylation sites (tertiary alicyclic amines) is 2. The number of carbonyl (C=O) groups excluding carboxylic acids is 2. The van der Waals surface area contributed by atoms with E-state index in [4.69, 9.17) is 0 Å². The average Bonchev–Trinajstić information content (AvgIpc) is 3.33. The highest BCUT2D eigenvalue weighted by atomic mass is 19.4. The minimum Gasteiger partial charge on any atom is -0.342 e. The maximum Gasteiger partial charge on any atom is 0.416 e. The molecule has 0 spiro atoms. The third-order valence-electron chi connectivity index (χ3n) is 8.67. The lowest BCUT2D eigenvalue weighted by molar-refractivity contribution is -0.143. The van der Waals surface area contributed by atoms with Crippen molar-refractivity contribution in [2.45, 2.75) is 65.5 Å². The number of alkyl halides is 6. The normalized spacial score (nSPS) is 21.9. The van der Waals surface area contributed by atoms with Crippen molar-refractivity contribution >= 4 is 11.9 Å². The van der Waals surface area contributed by atoms with Crippen LogP contribution in [0.5, 0.6) is 0 Å². The van der Waals surface area contributed by atoms with Crippen molar-refractivity contribution in [3.05, 3.63) is 70.0 Å². The summed E-state index contributed by atoms with van der Waals surface area (Å²) in [4.78, 5) is 31.7. The van der Waals surface area contributed by atoms with E-state index in [0.29, 0.717) is 42.8 Å². The molecule has 2 fully saturated rings. The molecule has 0 saturated carbocycles. The fraction of sp³-hybridized carbons (Fsp3) is 0.548. The average molecular weight is 616 g/mol. The Morgan fingerprint density at radius 3 is 2.02 bits per heavy atom. The lowest BCUT2D eigenvalue weighted by atomic mass is 9.78. The van der Waals surface area contributed by atoms with Crippen LogP contribution in [0.1, 0.15) is 74.0 Å². The standard InChI is InChI=1S/C31H36F7N3O2/c1-17-11-23(32)7-8-24(17)26-25-16-40(27(42)29(3,4)5)15-19(25)9-10-41(26)28(43)39(6)18(2)20-12-21(30(33,34)35)14-22(13-20)31(36,37)38/h7-8,11-14,18-19,25-26H,9-10,15-16H2,1-6H3/t18-,19-,25?,26+/m1/s1. The minimum atomic E-state index is -5.02. The summed E-state index contributed by atoms with van der Waals surface area (Å²) in [5, 5.41) is 0. The molecule has 43 heavy (non-hydrogen) atoms. The van der Waals surface area contributed by atoms with Gasteiger partial charge in [-0.1, -0.05) is 26.8 Å². The van der Waals surface area contributed by atoms with Gasteiger partial charge in [0.15, 0.2) is 0 Å². The van der Waals surface area contributed by atoms with Gasteiger partial charge in [-0.3, -0.25) is 4.79 Å². The summed E-state index contributed by atoms with van der Waals surface area (Å²) >= 11 is 0. The van der Waals surface area contributed by atoms with Gasteiger partial charge in [0.2, 0.25) is 5.91 Å². The van der Waals surface area contributed by atoms with Crippen molar-refractivity contribution in [2.24, 2.45) is 17.3 Å². The maximum absolute atomic E-state index is 14.1. The third kappa shape index (κ3) is 6.62. The van der Waals surface area contributed by atoms with Crippen LogP contribution in [-0.2, 0) is 17.1 Å². The first kappa shape index (κ1) is 32.6. The van der Waals surface area contributed by atoms with E-state index in [0.717, 1.165) is 4.90 Å². The number of carbonyl (C=O) groups is 2. The lowest BCUT2D eigenvalue weighted by Crippen LogP contribution is -2.51. The van der Waals surface area contributed by atoms with Crippen LogP contribution < -0.4 is 0 Å². The molecule has 1 unspecified atom stereocenters. The molecule has 2 aromatic rings. The number of hydrogen-bond donors (Lipinski definition) is 0. The molecule has 4 atom stereocenters. The Morgan fingerprint density at radius 1 is 0.930 bits per heavy atom. The second-order valence-electron chi connectivity index (χ2n) is 12.7. The van der Waals surface area contributed by atoms with E-state index in [9.17, 15) is 40.3 Å². The Kier molecular flexibility index (Phi) is 8.58. The van der Waals surface area contributed by atoms with Crippen molar-refractivity contribution in [3.63, 3.8) is 0 Å². The van der Waals surface area contributed by atoms with Gasteiger partial charge in [-0.05, 0) is 73.2 Å². The van der Waals surface area contributed by atoms with E-state index in [-0.39, 0.29) is 35.9 Å². The van der Waals surface area contributed by atoms with E-state index in [1.54, 1.807) is 22.8 Å². The summed E-state index contributed by atoms with van der Waals surface area (Å²) in [5.74, 6) is -0.657. The van der Waals surface area contributed by atoms with Crippen LogP contribution in [0.15, 0.2) is 36.4 Å². The molecule has 2 aliphatic heterocycles. The Labute approximate surface area is 246 Å². The van der Waals surface area contributed by atoms with Crippen LogP contribution in [-0.4, -0.2) is 53.3 Å². The summed E-state index contributed by atoms with van der Waals surface area (Å²) in [6, 6.07) is 3.22. The first-order valence-corrected chi connectivity index (χ1v) is 14.1. The maximum atomic E-state index is 14.1. The van der Waals surface area contributed by atoms with Crippen LogP contribution in [0.4, 0.5) is 35.5 Å². The Morgan fingerprint density at radius 2 is 1.51 bits per heavy atom. The third-order valence-corrected chi connectivity index (χ3v) is 8.67. The number of piperidine rings is 1. The highest BCUT2D eigenvalue weighted by Gasteiger charge is 2.49. The molecule has 5 nitrogen and oxygen atoms in total. The molecular weight excluding hydrogens is 579 g/mol. The highest BCUT2D eigenvalue weighted by molar-refractivity contribution is 5.82. The highest BCUT2D eigenvalue weighted by Crippen LogP contribution is 2.46. The van der Waals surface area contributed by atoms with Crippen molar-refractivity contribution in [2.75, 3.05) is 26.7 Å². The summed E-state index contributed by atoms with van der Waals surface area (Å²) < 4.78 is 95.3. The molecular formula is C31H36F7N3O2. The number of urea groups is 1. The molecule has 0 aromatic heterocycles. The quantitative estimate of drug-likeness (QED) is 0.330. The SMILES string of the molecule is Cc1cc(F)ccc1[C@H]1C2CN(C(=O)C(C)(C)C)C[C@H]2CCN1C(=O)N(C)[C@H](C)c1cc(C(F)(F)F)cc(C(F)(F)F)c1. The predicted molar refractivity (Wildman–Crippen MR) is 146 cm³/mol. The molecule has 3 amide bonds. The summed E-state index contributed by atoms with van der Waals surface area (Å²) in [6.07, 6.45) is -9.50. The molecule has 0 radical (unpaired) electrons. The van der Waals surface area contributed by atoms with Gasteiger partial charge in [0.25, 0.3) is 0 Å². The van der Waals surface area contributed by atoms with E-state index in [2.05, 4.69) is 0 Å². The van der Waals surface area contributed by atoms with E-state index in [1.807, 2.05) is 20.8 Å². The van der Waals surface area contributed by atoms with Gasteiger partial charge in [-0.2, -0.15) is 26.3 Å². The van der Waals surface area contributed by atoms with Crippen molar-refractivity contribution in [3.8, 4) is 0 Å². The number of halogens is 7. The number of hydrogen-bond acceptors (Lipinski definition) is 2.